The molecule has 0 heterocycles. The van der Waals surface area contributed by atoms with Gasteiger partial charge in [0, 0.05) is 13.1 Å². The Labute approximate surface area is 127 Å². The van der Waals surface area contributed by atoms with E-state index in [0.717, 1.165) is 13.1 Å². The zero-order valence-electron chi connectivity index (χ0n) is 12.8. The van der Waals surface area contributed by atoms with E-state index < -0.39 is 0 Å². The van der Waals surface area contributed by atoms with Gasteiger partial charge < -0.3 is 0 Å². The monoisotopic (exact) mass is 281 g/mol. The molecule has 0 N–H and O–H groups in total. The molecule has 0 saturated carbocycles. The summed E-state index contributed by atoms with van der Waals surface area (Å²) >= 11 is 0. The van der Waals surface area contributed by atoms with Crippen molar-refractivity contribution in [3.05, 3.63) is 84.4 Å². The van der Waals surface area contributed by atoms with Gasteiger partial charge in [-0.25, -0.2) is 0 Å². The van der Waals surface area contributed by atoms with E-state index in [0.29, 0.717) is 0 Å². The summed E-state index contributed by atoms with van der Waals surface area (Å²) in [5.74, 6) is 0. The molecule has 2 aromatic carbocycles. The third kappa shape index (κ3) is 5.18. The Kier molecular flexibility index (Phi) is 5.32. The predicted molar refractivity (Wildman–Crippen MR) is 87.5 cm³/mol. The topological polar surface area (TPSA) is 12.5 Å². The quantitative estimate of drug-likeness (QED) is 0.544. The molecule has 110 valence electrons. The van der Waals surface area contributed by atoms with E-state index in [1.54, 1.807) is 0 Å². The van der Waals surface area contributed by atoms with Crippen LogP contribution in [0, 0.1) is 0 Å². The lowest BCUT2D eigenvalue weighted by molar-refractivity contribution is -0.230. The average Bonchev–Trinajstić information content (AvgIpc) is 2.49. The second-order valence-electron chi connectivity index (χ2n) is 5.67. The van der Waals surface area contributed by atoms with Gasteiger partial charge in [0.15, 0.2) is 0 Å². The molecule has 0 amide bonds. The average molecular weight is 281 g/mol. The molecule has 0 aliphatic carbocycles. The Morgan fingerprint density at radius 2 is 1.33 bits per heavy atom. The summed E-state index contributed by atoms with van der Waals surface area (Å²) in [5.41, 5.74) is 2.07. The molecule has 0 aliphatic rings. The van der Waals surface area contributed by atoms with E-state index in [4.69, 9.17) is 4.84 Å². The van der Waals surface area contributed by atoms with E-state index in [2.05, 4.69) is 55.1 Å². The van der Waals surface area contributed by atoms with Crippen molar-refractivity contribution >= 4 is 0 Å². The highest BCUT2D eigenvalue weighted by molar-refractivity contribution is 5.16. The van der Waals surface area contributed by atoms with Crippen LogP contribution < -0.4 is 0 Å². The third-order valence-electron chi connectivity index (χ3n) is 3.26. The number of nitrogens with zero attached hydrogens (tertiary/aromatic N) is 1. The van der Waals surface area contributed by atoms with E-state index in [1.165, 1.54) is 11.1 Å². The second kappa shape index (κ2) is 7.21. The van der Waals surface area contributed by atoms with Crippen LogP contribution in [0.2, 0.25) is 0 Å². The van der Waals surface area contributed by atoms with Gasteiger partial charge in [-0.1, -0.05) is 66.7 Å². The third-order valence-corrected chi connectivity index (χ3v) is 3.26. The lowest BCUT2D eigenvalue weighted by Gasteiger charge is -2.30. The number of rotatable bonds is 7. The summed E-state index contributed by atoms with van der Waals surface area (Å²) in [6, 6.07) is 20.7. The Morgan fingerprint density at radius 1 is 0.905 bits per heavy atom. The van der Waals surface area contributed by atoms with Crippen LogP contribution in [0.1, 0.15) is 25.0 Å². The van der Waals surface area contributed by atoms with Crippen molar-refractivity contribution in [1.29, 1.82) is 0 Å². The van der Waals surface area contributed by atoms with E-state index in [-0.39, 0.29) is 5.60 Å². The van der Waals surface area contributed by atoms with E-state index in [1.807, 2.05) is 37.1 Å². The molecule has 0 fully saturated rings. The maximum absolute atomic E-state index is 6.11. The first-order chi connectivity index (χ1) is 10.1. The summed E-state index contributed by atoms with van der Waals surface area (Å²) in [6.07, 6.45) is 1.83. The van der Waals surface area contributed by atoms with Crippen molar-refractivity contribution in [2.45, 2.75) is 32.5 Å². The molecule has 0 spiro atoms. The van der Waals surface area contributed by atoms with Gasteiger partial charge in [0.1, 0.15) is 5.60 Å². The van der Waals surface area contributed by atoms with Crippen LogP contribution in [-0.4, -0.2) is 10.7 Å². The lowest BCUT2D eigenvalue weighted by Crippen LogP contribution is -2.34. The van der Waals surface area contributed by atoms with E-state index >= 15 is 0 Å². The van der Waals surface area contributed by atoms with Crippen LogP contribution in [0.3, 0.4) is 0 Å². The first kappa shape index (κ1) is 15.5. The smallest absolute Gasteiger partial charge is 0.102 e. The van der Waals surface area contributed by atoms with Crippen molar-refractivity contribution in [2.24, 2.45) is 0 Å². The largest absolute Gasteiger partial charge is 0.288 e. The van der Waals surface area contributed by atoms with Gasteiger partial charge in [0.2, 0.25) is 0 Å². The van der Waals surface area contributed by atoms with Gasteiger partial charge in [-0.3, -0.25) is 4.84 Å². The van der Waals surface area contributed by atoms with Crippen molar-refractivity contribution in [2.75, 3.05) is 0 Å². The zero-order chi connectivity index (χ0) is 15.1. The van der Waals surface area contributed by atoms with Gasteiger partial charge in [0.05, 0.1) is 0 Å². The second-order valence-corrected chi connectivity index (χ2v) is 5.67. The minimum atomic E-state index is -0.385. The van der Waals surface area contributed by atoms with Crippen LogP contribution in [0.15, 0.2) is 73.3 Å². The van der Waals surface area contributed by atoms with Crippen molar-refractivity contribution in [3.8, 4) is 0 Å². The first-order valence-electron chi connectivity index (χ1n) is 7.24. The highest BCUT2D eigenvalue weighted by Crippen LogP contribution is 2.18. The molecule has 2 nitrogen and oxygen atoms in total. The molecule has 2 rings (SSSR count). The van der Waals surface area contributed by atoms with Crippen molar-refractivity contribution in [3.63, 3.8) is 0 Å². The maximum Gasteiger partial charge on any atom is 0.102 e. The number of hydrogen-bond acceptors (Lipinski definition) is 2. The summed E-state index contributed by atoms with van der Waals surface area (Å²) in [6.45, 7) is 9.37. The Balaban J connectivity index is 2.12. The molecule has 0 saturated heterocycles. The van der Waals surface area contributed by atoms with Gasteiger partial charge >= 0.3 is 0 Å². The van der Waals surface area contributed by atoms with Gasteiger partial charge in [-0.05, 0) is 25.0 Å². The lowest BCUT2D eigenvalue weighted by atomic mass is 10.1. The molecule has 2 heteroatoms. The fraction of sp³-hybridized carbons (Fsp3) is 0.263. The first-order valence-corrected chi connectivity index (χ1v) is 7.24. The van der Waals surface area contributed by atoms with E-state index in [9.17, 15) is 0 Å². The Morgan fingerprint density at radius 3 is 1.71 bits per heavy atom. The molecule has 0 bridgehead atoms. The fourth-order valence-corrected chi connectivity index (χ4v) is 2.06. The van der Waals surface area contributed by atoms with Crippen LogP contribution >= 0.6 is 0 Å². The van der Waals surface area contributed by atoms with Gasteiger partial charge in [0.25, 0.3) is 0 Å². The molecule has 0 aromatic heterocycles. The van der Waals surface area contributed by atoms with Gasteiger partial charge in [-0.15, -0.1) is 6.58 Å². The van der Waals surface area contributed by atoms with Crippen LogP contribution in [0.5, 0.6) is 0 Å². The van der Waals surface area contributed by atoms with Crippen molar-refractivity contribution < 1.29 is 4.84 Å². The van der Waals surface area contributed by atoms with Crippen LogP contribution in [0.25, 0.3) is 0 Å². The minimum Gasteiger partial charge on any atom is -0.288 e. The molecule has 0 atom stereocenters. The highest BCUT2D eigenvalue weighted by Gasteiger charge is 2.19. The normalized spacial score (nSPS) is 11.6. The van der Waals surface area contributed by atoms with Gasteiger partial charge in [-0.2, -0.15) is 5.06 Å². The summed E-state index contributed by atoms with van der Waals surface area (Å²) in [5, 5.41) is 1.99. The summed E-state index contributed by atoms with van der Waals surface area (Å²) in [7, 11) is 0. The number of hydrogen-bond donors (Lipinski definition) is 0. The number of benzene rings is 2. The molecule has 0 aliphatic heterocycles. The Hall–Kier alpha value is -1.90. The molecule has 0 unspecified atom stereocenters. The van der Waals surface area contributed by atoms with Crippen LogP contribution in [-0.2, 0) is 17.9 Å². The maximum atomic E-state index is 6.11. The zero-order valence-corrected chi connectivity index (χ0v) is 12.8. The molecule has 21 heavy (non-hydrogen) atoms. The standard InChI is InChI=1S/C19H23NO/c1-4-19(2,3)21-20(15-17-11-7-5-8-12-17)16-18-13-9-6-10-14-18/h4-14H,1,15-16H2,2-3H3. The Bertz CT molecular complexity index is 507. The molecule has 0 radical (unpaired) electrons. The molecular formula is C19H23NO. The summed E-state index contributed by atoms with van der Waals surface area (Å²) in [4.78, 5) is 6.11. The number of hydroxylamine groups is 2. The summed E-state index contributed by atoms with van der Waals surface area (Å²) < 4.78 is 0. The molecular weight excluding hydrogens is 258 g/mol. The minimum absolute atomic E-state index is 0.385. The highest BCUT2D eigenvalue weighted by atomic mass is 16.7. The fourth-order valence-electron chi connectivity index (χ4n) is 2.06. The predicted octanol–water partition coefficient (Wildman–Crippen LogP) is 4.59. The molecule has 2 aromatic rings. The van der Waals surface area contributed by atoms with Crippen molar-refractivity contribution in [1.82, 2.24) is 5.06 Å². The van der Waals surface area contributed by atoms with Crippen LogP contribution in [0.4, 0.5) is 0 Å². The SMILES string of the molecule is C=CC(C)(C)ON(Cc1ccccc1)Cc1ccccc1.